The molecule has 1 fully saturated rings. The summed E-state index contributed by atoms with van der Waals surface area (Å²) < 4.78 is 27.6. The highest BCUT2D eigenvalue weighted by Gasteiger charge is 2.22. The first-order valence-corrected chi connectivity index (χ1v) is 12.1. The highest BCUT2D eigenvalue weighted by molar-refractivity contribution is 7.90. The summed E-state index contributed by atoms with van der Waals surface area (Å²) in [5.41, 5.74) is 3.07. The minimum absolute atomic E-state index is 0.325. The van der Waals surface area contributed by atoms with Gasteiger partial charge in [-0.25, -0.2) is 12.4 Å². The van der Waals surface area contributed by atoms with Gasteiger partial charge in [0.05, 0.1) is 4.90 Å². The number of benzene rings is 2. The van der Waals surface area contributed by atoms with Gasteiger partial charge in [0.15, 0.2) is 0 Å². The van der Waals surface area contributed by atoms with Crippen LogP contribution in [0.1, 0.15) is 16.8 Å². The van der Waals surface area contributed by atoms with Gasteiger partial charge >= 0.3 is 0 Å². The number of aryl methyl sites for hydroxylation is 1. The second-order valence-corrected chi connectivity index (χ2v) is 9.82. The number of hydrogen-bond acceptors (Lipinski definition) is 4. The zero-order valence-electron chi connectivity index (χ0n) is 17.9. The van der Waals surface area contributed by atoms with Crippen LogP contribution in [0.15, 0.2) is 83.9 Å². The van der Waals surface area contributed by atoms with Crippen LogP contribution in [0.5, 0.6) is 0 Å². The van der Waals surface area contributed by atoms with Crippen LogP contribution in [-0.4, -0.2) is 54.9 Å². The monoisotopic (exact) mass is 435 g/mol. The largest absolute Gasteiger partial charge is 0.297 e. The van der Waals surface area contributed by atoms with E-state index in [-0.39, 0.29) is 0 Å². The van der Waals surface area contributed by atoms with E-state index in [9.17, 15) is 8.42 Å². The Morgan fingerprint density at radius 2 is 1.52 bits per heavy atom. The Morgan fingerprint density at radius 3 is 2.23 bits per heavy atom. The fraction of sp³-hybridized carbons (Fsp3) is 0.280. The zero-order chi connectivity index (χ0) is 21.7. The van der Waals surface area contributed by atoms with Crippen molar-refractivity contribution >= 4 is 16.1 Å². The molecule has 2 aromatic carbocycles. The van der Waals surface area contributed by atoms with Gasteiger partial charge in [0.25, 0.3) is 10.0 Å². The molecule has 0 bridgehead atoms. The van der Waals surface area contributed by atoms with Crippen LogP contribution >= 0.6 is 0 Å². The molecule has 0 aliphatic carbocycles. The average Bonchev–Trinajstić information content (AvgIpc) is 3.25. The molecular formula is C25H29N3O2S. The molecule has 5 nitrogen and oxygen atoms in total. The van der Waals surface area contributed by atoms with Crippen LogP contribution in [0, 0.1) is 6.92 Å². The molecule has 31 heavy (non-hydrogen) atoms. The lowest BCUT2D eigenvalue weighted by Crippen LogP contribution is -2.46. The van der Waals surface area contributed by atoms with Crippen molar-refractivity contribution < 1.29 is 8.42 Å². The molecule has 0 saturated carbocycles. The van der Waals surface area contributed by atoms with Crippen molar-refractivity contribution in [3.05, 3.63) is 95.8 Å². The third kappa shape index (κ3) is 5.34. The van der Waals surface area contributed by atoms with E-state index >= 15 is 0 Å². The summed E-state index contributed by atoms with van der Waals surface area (Å²) in [5, 5.41) is 0. The summed E-state index contributed by atoms with van der Waals surface area (Å²) in [6, 6.07) is 21.1. The summed E-state index contributed by atoms with van der Waals surface area (Å²) >= 11 is 0. The lowest BCUT2D eigenvalue weighted by Gasteiger charge is -2.34. The molecule has 4 rings (SSSR count). The van der Waals surface area contributed by atoms with Gasteiger partial charge in [0.1, 0.15) is 0 Å². The smallest absolute Gasteiger partial charge is 0.267 e. The maximum absolute atomic E-state index is 13.1. The molecule has 6 heteroatoms. The van der Waals surface area contributed by atoms with Crippen LogP contribution in [0.3, 0.4) is 0 Å². The van der Waals surface area contributed by atoms with Gasteiger partial charge in [-0.3, -0.25) is 9.80 Å². The SMILES string of the molecule is Cc1ccc(S(=O)(=O)n2cccc2CN2CCN(C/C=C\c3ccccc3)CC2)cc1. The number of piperazine rings is 1. The molecule has 0 spiro atoms. The normalized spacial score (nSPS) is 16.2. The third-order valence-electron chi connectivity index (χ3n) is 5.69. The Hall–Kier alpha value is -2.67. The molecular weight excluding hydrogens is 406 g/mol. The van der Waals surface area contributed by atoms with Crippen molar-refractivity contribution in [2.45, 2.75) is 18.4 Å². The van der Waals surface area contributed by atoms with Gasteiger partial charge in [-0.05, 0) is 36.8 Å². The molecule has 3 aromatic rings. The molecule has 0 amide bonds. The maximum atomic E-state index is 13.1. The minimum atomic E-state index is -3.57. The van der Waals surface area contributed by atoms with E-state index in [1.54, 1.807) is 18.3 Å². The van der Waals surface area contributed by atoms with Gasteiger partial charge in [0, 0.05) is 51.2 Å². The highest BCUT2D eigenvalue weighted by atomic mass is 32.2. The fourth-order valence-electron chi connectivity index (χ4n) is 3.84. The first-order valence-electron chi connectivity index (χ1n) is 10.7. The van der Waals surface area contributed by atoms with Gasteiger partial charge < -0.3 is 0 Å². The number of rotatable bonds is 7. The Kier molecular flexibility index (Phi) is 6.70. The molecule has 162 valence electrons. The topological polar surface area (TPSA) is 45.6 Å². The van der Waals surface area contributed by atoms with E-state index in [4.69, 9.17) is 0 Å². The summed E-state index contributed by atoms with van der Waals surface area (Å²) in [7, 11) is -3.57. The summed E-state index contributed by atoms with van der Waals surface area (Å²) in [6.07, 6.45) is 6.02. The predicted octanol–water partition coefficient (Wildman–Crippen LogP) is 3.86. The third-order valence-corrected chi connectivity index (χ3v) is 7.44. The van der Waals surface area contributed by atoms with Crippen molar-refractivity contribution in [1.29, 1.82) is 0 Å². The summed E-state index contributed by atoms with van der Waals surface area (Å²) in [5.74, 6) is 0. The van der Waals surface area contributed by atoms with Crippen molar-refractivity contribution in [1.82, 2.24) is 13.8 Å². The van der Waals surface area contributed by atoms with Crippen LogP contribution in [0.4, 0.5) is 0 Å². The standard InChI is InChI=1S/C25H29N3O2S/c1-22-11-13-25(14-12-22)31(29,30)28-16-6-10-24(28)21-27-19-17-26(18-20-27)15-5-9-23-7-3-2-4-8-23/h2-14,16H,15,17-21H2,1H3/b9-5-. The maximum Gasteiger partial charge on any atom is 0.267 e. The van der Waals surface area contributed by atoms with Gasteiger partial charge in [-0.15, -0.1) is 0 Å². The predicted molar refractivity (Wildman–Crippen MR) is 125 cm³/mol. The molecule has 1 saturated heterocycles. The van der Waals surface area contributed by atoms with Crippen LogP contribution < -0.4 is 0 Å². The van der Waals surface area contributed by atoms with Crippen LogP contribution in [-0.2, 0) is 16.6 Å². The average molecular weight is 436 g/mol. The first kappa shape index (κ1) is 21.6. The van der Waals surface area contributed by atoms with E-state index in [0.717, 1.165) is 44.0 Å². The van der Waals surface area contributed by atoms with Crippen LogP contribution in [0.2, 0.25) is 0 Å². The van der Waals surface area contributed by atoms with E-state index in [0.29, 0.717) is 11.4 Å². The number of nitrogens with zero attached hydrogens (tertiary/aromatic N) is 3. The summed E-state index contributed by atoms with van der Waals surface area (Å²) in [4.78, 5) is 5.08. The Balaban J connectivity index is 1.34. The highest BCUT2D eigenvalue weighted by Crippen LogP contribution is 2.19. The molecule has 0 N–H and O–H groups in total. The zero-order valence-corrected chi connectivity index (χ0v) is 18.7. The van der Waals surface area contributed by atoms with Gasteiger partial charge in [-0.2, -0.15) is 0 Å². The molecule has 1 aromatic heterocycles. The van der Waals surface area contributed by atoms with E-state index in [2.05, 4.69) is 34.1 Å². The van der Waals surface area contributed by atoms with Crippen molar-refractivity contribution in [3.8, 4) is 0 Å². The van der Waals surface area contributed by atoms with E-state index in [1.807, 2.05) is 49.4 Å². The number of aromatic nitrogens is 1. The molecule has 0 radical (unpaired) electrons. The second kappa shape index (κ2) is 9.64. The summed E-state index contributed by atoms with van der Waals surface area (Å²) in [6.45, 7) is 7.32. The Morgan fingerprint density at radius 1 is 0.839 bits per heavy atom. The van der Waals surface area contributed by atoms with Crippen LogP contribution in [0.25, 0.3) is 6.08 Å². The van der Waals surface area contributed by atoms with Gasteiger partial charge in [0.2, 0.25) is 0 Å². The lowest BCUT2D eigenvalue weighted by molar-refractivity contribution is 0.135. The molecule has 0 unspecified atom stereocenters. The Labute approximate surface area is 185 Å². The molecule has 1 aliphatic heterocycles. The quantitative estimate of drug-likeness (QED) is 0.565. The number of hydrogen-bond donors (Lipinski definition) is 0. The Bertz CT molecular complexity index is 1110. The molecule has 1 aliphatic rings. The lowest BCUT2D eigenvalue weighted by atomic mass is 10.2. The minimum Gasteiger partial charge on any atom is -0.297 e. The van der Waals surface area contributed by atoms with E-state index in [1.165, 1.54) is 9.54 Å². The van der Waals surface area contributed by atoms with Crippen molar-refractivity contribution in [2.24, 2.45) is 0 Å². The first-order chi connectivity index (χ1) is 15.0. The second-order valence-electron chi connectivity index (χ2n) is 8.00. The molecule has 0 atom stereocenters. The van der Waals surface area contributed by atoms with E-state index < -0.39 is 10.0 Å². The fourth-order valence-corrected chi connectivity index (χ4v) is 5.21. The molecule has 2 heterocycles. The van der Waals surface area contributed by atoms with Gasteiger partial charge in [-0.1, -0.05) is 60.2 Å². The van der Waals surface area contributed by atoms with Crippen molar-refractivity contribution in [3.63, 3.8) is 0 Å². The van der Waals surface area contributed by atoms with Crippen molar-refractivity contribution in [2.75, 3.05) is 32.7 Å².